The van der Waals surface area contributed by atoms with E-state index in [2.05, 4.69) is 142 Å². The molecule has 6 nitrogen and oxygen atoms in total. The highest BCUT2D eigenvalue weighted by atomic mass is 16.6. The normalized spacial score (nSPS) is 13.0. The maximum Gasteiger partial charge on any atom is 0.306 e. The van der Waals surface area contributed by atoms with Crippen molar-refractivity contribution in [3.05, 3.63) is 122 Å². The zero-order valence-corrected chi connectivity index (χ0v) is 46.7. The molecule has 6 heteroatoms. The molecule has 72 heavy (non-hydrogen) atoms. The lowest BCUT2D eigenvalue weighted by molar-refractivity contribution is -0.167. The number of hydrogen-bond donors (Lipinski definition) is 0. The molecule has 0 bridgehead atoms. The summed E-state index contributed by atoms with van der Waals surface area (Å²) in [5.74, 6) is -1.04. The number of unbranched alkanes of at least 4 members (excludes halogenated alkanes) is 21. The van der Waals surface area contributed by atoms with Gasteiger partial charge in [0.2, 0.25) is 0 Å². The van der Waals surface area contributed by atoms with E-state index in [0.717, 1.165) is 96.3 Å². The largest absolute Gasteiger partial charge is 0.462 e. The van der Waals surface area contributed by atoms with Gasteiger partial charge >= 0.3 is 17.9 Å². The van der Waals surface area contributed by atoms with Gasteiger partial charge in [-0.05, 0) is 96.3 Å². The molecule has 1 atom stereocenters. The first-order valence-corrected chi connectivity index (χ1v) is 29.5. The van der Waals surface area contributed by atoms with Gasteiger partial charge in [0.05, 0.1) is 0 Å². The lowest BCUT2D eigenvalue weighted by Gasteiger charge is -2.18. The Labute approximate surface area is 443 Å². The smallest absolute Gasteiger partial charge is 0.306 e. The molecule has 0 aromatic carbocycles. The van der Waals surface area contributed by atoms with Crippen LogP contribution in [0.3, 0.4) is 0 Å². The van der Waals surface area contributed by atoms with Gasteiger partial charge < -0.3 is 14.2 Å². The Morgan fingerprint density at radius 3 is 0.847 bits per heavy atom. The molecule has 1 unspecified atom stereocenters. The summed E-state index contributed by atoms with van der Waals surface area (Å²) in [6.45, 7) is 6.33. The van der Waals surface area contributed by atoms with Crippen molar-refractivity contribution in [2.24, 2.45) is 0 Å². The van der Waals surface area contributed by atoms with Crippen LogP contribution in [0.2, 0.25) is 0 Å². The predicted octanol–water partition coefficient (Wildman–Crippen LogP) is 20.0. The molecular weight excluding hydrogens is 889 g/mol. The Balaban J connectivity index is 4.52. The summed E-state index contributed by atoms with van der Waals surface area (Å²) in [5, 5.41) is 0. The highest BCUT2D eigenvalue weighted by molar-refractivity contribution is 5.71. The van der Waals surface area contributed by atoms with E-state index >= 15 is 0 Å². The molecule has 0 heterocycles. The van der Waals surface area contributed by atoms with Gasteiger partial charge in [-0.25, -0.2) is 0 Å². The third-order valence-corrected chi connectivity index (χ3v) is 12.2. The number of esters is 3. The third kappa shape index (κ3) is 56.7. The number of allylic oxidation sites excluding steroid dienone is 20. The first-order chi connectivity index (χ1) is 35.5. The minimum atomic E-state index is -0.833. The number of hydrogen-bond acceptors (Lipinski definition) is 6. The summed E-state index contributed by atoms with van der Waals surface area (Å²) >= 11 is 0. The average Bonchev–Trinajstić information content (AvgIpc) is 3.38. The van der Waals surface area contributed by atoms with Crippen molar-refractivity contribution in [3.63, 3.8) is 0 Å². The molecule has 0 aliphatic carbocycles. The molecule has 0 saturated heterocycles. The topological polar surface area (TPSA) is 78.9 Å². The Morgan fingerprint density at radius 1 is 0.292 bits per heavy atom. The van der Waals surface area contributed by atoms with Crippen LogP contribution in [0.1, 0.15) is 258 Å². The Bertz CT molecular complexity index is 1520. The van der Waals surface area contributed by atoms with E-state index in [4.69, 9.17) is 14.2 Å². The van der Waals surface area contributed by atoms with Crippen molar-refractivity contribution in [3.8, 4) is 0 Å². The van der Waals surface area contributed by atoms with Crippen molar-refractivity contribution in [1.29, 1.82) is 0 Å². The van der Waals surface area contributed by atoms with Crippen molar-refractivity contribution in [2.45, 2.75) is 264 Å². The second-order valence-electron chi connectivity index (χ2n) is 19.1. The van der Waals surface area contributed by atoms with Crippen LogP contribution in [0.25, 0.3) is 0 Å². The van der Waals surface area contributed by atoms with Crippen LogP contribution in [0, 0.1) is 0 Å². The Kier molecular flexibility index (Phi) is 55.9. The first-order valence-electron chi connectivity index (χ1n) is 29.5. The van der Waals surface area contributed by atoms with E-state index < -0.39 is 6.10 Å². The fourth-order valence-electron chi connectivity index (χ4n) is 7.87. The quantitative estimate of drug-likeness (QED) is 0.0261. The molecule has 0 spiro atoms. The van der Waals surface area contributed by atoms with E-state index in [-0.39, 0.29) is 44.0 Å². The summed E-state index contributed by atoms with van der Waals surface area (Å²) < 4.78 is 16.8. The summed E-state index contributed by atoms with van der Waals surface area (Å²) in [6, 6.07) is 0. The summed E-state index contributed by atoms with van der Waals surface area (Å²) in [7, 11) is 0. The van der Waals surface area contributed by atoms with E-state index in [1.165, 1.54) is 109 Å². The highest BCUT2D eigenvalue weighted by Gasteiger charge is 2.19. The molecule has 0 N–H and O–H groups in total. The van der Waals surface area contributed by atoms with E-state index in [9.17, 15) is 14.4 Å². The van der Waals surface area contributed by atoms with Crippen molar-refractivity contribution in [2.75, 3.05) is 13.2 Å². The van der Waals surface area contributed by atoms with Gasteiger partial charge in [-0.15, -0.1) is 0 Å². The molecule has 0 saturated carbocycles. The van der Waals surface area contributed by atoms with Gasteiger partial charge in [-0.1, -0.05) is 264 Å². The van der Waals surface area contributed by atoms with Crippen molar-refractivity contribution >= 4 is 17.9 Å². The standard InChI is InChI=1S/C66H108O6/c1-4-7-10-13-16-19-22-25-28-31-32-33-36-38-41-44-47-50-53-56-59-65(68)71-62-63(72-66(69)60-57-54-51-48-45-42-39-35-30-27-24-21-18-15-12-9-6-3)61-70-64(67)58-55-52-49-46-43-40-37-34-29-26-23-20-17-14-11-8-5-2/h8-9,11-12,17-18,20-21,26-27,29-30,37,39-40,42,46,48-49,51,63H,4-7,10,13-16,19,22-25,28,31-36,38,41,43-45,47,50,52-62H2,1-3H3/b11-8-,12-9-,20-17-,21-18-,29-26-,30-27-,40-37-,42-39-,49-46-,51-48-. The molecule has 0 aliphatic rings. The van der Waals surface area contributed by atoms with E-state index in [0.29, 0.717) is 19.3 Å². The van der Waals surface area contributed by atoms with Gasteiger partial charge in [0.25, 0.3) is 0 Å². The lowest BCUT2D eigenvalue weighted by atomic mass is 10.0. The predicted molar refractivity (Wildman–Crippen MR) is 311 cm³/mol. The zero-order chi connectivity index (χ0) is 52.2. The molecule has 0 fully saturated rings. The van der Waals surface area contributed by atoms with Crippen LogP contribution in [-0.2, 0) is 28.6 Å². The molecule has 0 aliphatic heterocycles. The lowest BCUT2D eigenvalue weighted by Crippen LogP contribution is -2.30. The summed E-state index contributed by atoms with van der Waals surface area (Å²) in [4.78, 5) is 38.2. The fourth-order valence-corrected chi connectivity index (χ4v) is 7.87. The zero-order valence-electron chi connectivity index (χ0n) is 46.7. The van der Waals surface area contributed by atoms with Gasteiger partial charge in [0.1, 0.15) is 13.2 Å². The van der Waals surface area contributed by atoms with Gasteiger partial charge in [0.15, 0.2) is 6.10 Å². The van der Waals surface area contributed by atoms with Crippen LogP contribution < -0.4 is 0 Å². The molecule has 0 rings (SSSR count). The third-order valence-electron chi connectivity index (χ3n) is 12.2. The van der Waals surface area contributed by atoms with Crippen LogP contribution in [-0.4, -0.2) is 37.2 Å². The summed E-state index contributed by atoms with van der Waals surface area (Å²) in [5.41, 5.74) is 0. The first kappa shape index (κ1) is 67.8. The number of rotatable bonds is 52. The minimum absolute atomic E-state index is 0.119. The summed E-state index contributed by atoms with van der Waals surface area (Å²) in [6.07, 6.45) is 82.1. The van der Waals surface area contributed by atoms with Crippen LogP contribution >= 0.6 is 0 Å². The monoisotopic (exact) mass is 997 g/mol. The number of ether oxygens (including phenoxy) is 3. The number of carbonyl (C=O) groups excluding carboxylic acids is 3. The van der Waals surface area contributed by atoms with E-state index in [1.807, 2.05) is 0 Å². The van der Waals surface area contributed by atoms with E-state index in [1.54, 1.807) is 0 Å². The molecule has 0 amide bonds. The Hall–Kier alpha value is -4.19. The van der Waals surface area contributed by atoms with Gasteiger partial charge in [-0.2, -0.15) is 0 Å². The molecule has 0 radical (unpaired) electrons. The van der Waals surface area contributed by atoms with Crippen LogP contribution in [0.15, 0.2) is 122 Å². The fraction of sp³-hybridized carbons (Fsp3) is 0.652. The SMILES string of the molecule is CC/C=C\C/C=C\C/C=C\C/C=C\C/C=C\CCCC(=O)OCC(COC(=O)CCCCCCCCCCCCCCCCCCCCCC)OC(=O)CCC/C=C\C/C=C\C/C=C\C/C=C\C/C=C\CC. The molecule has 408 valence electrons. The maximum absolute atomic E-state index is 12.8. The van der Waals surface area contributed by atoms with Crippen LogP contribution in [0.4, 0.5) is 0 Å². The Morgan fingerprint density at radius 2 is 0.542 bits per heavy atom. The van der Waals surface area contributed by atoms with Crippen LogP contribution in [0.5, 0.6) is 0 Å². The van der Waals surface area contributed by atoms with Gasteiger partial charge in [-0.3, -0.25) is 14.4 Å². The molecular formula is C66H108O6. The maximum atomic E-state index is 12.8. The number of carbonyl (C=O) groups is 3. The second kappa shape index (κ2) is 59.4. The second-order valence-corrected chi connectivity index (χ2v) is 19.1. The van der Waals surface area contributed by atoms with Gasteiger partial charge in [0, 0.05) is 19.3 Å². The average molecular weight is 998 g/mol. The highest BCUT2D eigenvalue weighted by Crippen LogP contribution is 2.16. The minimum Gasteiger partial charge on any atom is -0.462 e. The molecule has 0 aromatic rings. The van der Waals surface area contributed by atoms with Crippen molar-refractivity contribution < 1.29 is 28.6 Å². The van der Waals surface area contributed by atoms with Crippen molar-refractivity contribution in [1.82, 2.24) is 0 Å². The molecule has 0 aromatic heterocycles.